The van der Waals surface area contributed by atoms with Crippen LogP contribution in [0.25, 0.3) is 0 Å². The third-order valence-electron chi connectivity index (χ3n) is 3.80. The molecule has 0 aliphatic carbocycles. The van der Waals surface area contributed by atoms with Crippen molar-refractivity contribution in [3.63, 3.8) is 0 Å². The molecule has 1 aromatic carbocycles. The fraction of sp³-hybridized carbons (Fsp3) is 0.412. The minimum atomic E-state index is -0.0733. The van der Waals surface area contributed by atoms with Gasteiger partial charge in [-0.15, -0.1) is 0 Å². The van der Waals surface area contributed by atoms with Gasteiger partial charge in [0.05, 0.1) is 18.6 Å². The molecule has 0 unspecified atom stereocenters. The second-order valence-corrected chi connectivity index (χ2v) is 7.25. The lowest BCUT2D eigenvalue weighted by molar-refractivity contribution is -0.116. The highest BCUT2D eigenvalue weighted by molar-refractivity contribution is 7.16. The van der Waals surface area contributed by atoms with Gasteiger partial charge in [-0.25, -0.2) is 4.98 Å². The molecule has 1 atom stereocenters. The van der Waals surface area contributed by atoms with Crippen LogP contribution in [0.4, 0.5) is 10.9 Å². The van der Waals surface area contributed by atoms with Crippen LogP contribution in [-0.4, -0.2) is 24.6 Å². The normalized spacial score (nSPS) is 16.7. The molecule has 1 amide bonds. The fourth-order valence-electron chi connectivity index (χ4n) is 2.68. The lowest BCUT2D eigenvalue weighted by Gasteiger charge is -2.23. The van der Waals surface area contributed by atoms with Crippen molar-refractivity contribution in [1.29, 1.82) is 0 Å². The summed E-state index contributed by atoms with van der Waals surface area (Å²) < 4.78 is 11.3. The van der Waals surface area contributed by atoms with Gasteiger partial charge in [0.1, 0.15) is 5.82 Å². The number of nitrogen functional groups attached to an aromatic ring is 1. The molecule has 2 heterocycles. The van der Waals surface area contributed by atoms with E-state index in [1.165, 1.54) is 11.3 Å². The van der Waals surface area contributed by atoms with Crippen molar-refractivity contribution in [3.05, 3.63) is 28.6 Å². The predicted molar refractivity (Wildman–Crippen MR) is 94.9 cm³/mol. The first kappa shape index (κ1) is 16.6. The molecule has 2 aromatic rings. The molecule has 6 nitrogen and oxygen atoms in total. The average molecular weight is 347 g/mol. The molecular weight excluding hydrogens is 326 g/mol. The van der Waals surface area contributed by atoms with Gasteiger partial charge in [-0.05, 0) is 23.6 Å². The first-order chi connectivity index (χ1) is 11.5. The molecule has 128 valence electrons. The summed E-state index contributed by atoms with van der Waals surface area (Å²) in [5, 5.41) is 3.24. The molecule has 3 N–H and O–H groups in total. The molecule has 3 rings (SSSR count). The van der Waals surface area contributed by atoms with Gasteiger partial charge in [0.15, 0.2) is 16.6 Å². The number of carbonyl (C=O) groups is 1. The Hall–Kier alpha value is -2.28. The van der Waals surface area contributed by atoms with E-state index in [1.807, 2.05) is 18.2 Å². The highest BCUT2D eigenvalue weighted by atomic mass is 32.1. The van der Waals surface area contributed by atoms with Gasteiger partial charge in [-0.2, -0.15) is 0 Å². The summed E-state index contributed by atoms with van der Waals surface area (Å²) in [4.78, 5) is 17.2. The van der Waals surface area contributed by atoms with E-state index in [-0.39, 0.29) is 11.8 Å². The SMILES string of the molecule is COc1ccc([C@H]2CC(=O)Nc3nc(N)sc32)cc1OCC(C)C. The van der Waals surface area contributed by atoms with E-state index in [0.29, 0.717) is 41.4 Å². The topological polar surface area (TPSA) is 86.5 Å². The van der Waals surface area contributed by atoms with Gasteiger partial charge in [-0.3, -0.25) is 4.79 Å². The summed E-state index contributed by atoms with van der Waals surface area (Å²) in [7, 11) is 1.62. The van der Waals surface area contributed by atoms with E-state index in [1.54, 1.807) is 7.11 Å². The van der Waals surface area contributed by atoms with Gasteiger partial charge in [0.25, 0.3) is 0 Å². The Bertz CT molecular complexity index is 758. The molecule has 0 radical (unpaired) electrons. The lowest BCUT2D eigenvalue weighted by atomic mass is 9.91. The third kappa shape index (κ3) is 3.31. The first-order valence-electron chi connectivity index (χ1n) is 7.84. The van der Waals surface area contributed by atoms with Crippen LogP contribution in [0.5, 0.6) is 11.5 Å². The van der Waals surface area contributed by atoms with Crippen molar-refractivity contribution >= 4 is 28.2 Å². The number of aromatic nitrogens is 1. The Morgan fingerprint density at radius 3 is 2.92 bits per heavy atom. The van der Waals surface area contributed by atoms with Crippen molar-refractivity contribution in [2.24, 2.45) is 5.92 Å². The number of hydrogen-bond acceptors (Lipinski definition) is 6. The third-order valence-corrected chi connectivity index (χ3v) is 4.79. The van der Waals surface area contributed by atoms with E-state index in [4.69, 9.17) is 15.2 Å². The molecule has 0 saturated heterocycles. The summed E-state index contributed by atoms with van der Waals surface area (Å²) in [6.45, 7) is 4.78. The molecule has 1 aliphatic heterocycles. The standard InChI is InChI=1S/C17H21N3O3S/c1-9(2)8-23-13-6-10(4-5-12(13)22-3)11-7-14(21)19-16-15(11)24-17(18)20-16/h4-6,9,11H,7-8H2,1-3H3,(H2,18,20)(H,19,21)/t11-/m1/s1. The minimum absolute atomic E-state index is 0.0572. The Labute approximate surface area is 145 Å². The van der Waals surface area contributed by atoms with Gasteiger partial charge < -0.3 is 20.5 Å². The Morgan fingerprint density at radius 1 is 1.42 bits per heavy atom. The molecule has 0 spiro atoms. The Morgan fingerprint density at radius 2 is 2.21 bits per heavy atom. The number of carbonyl (C=O) groups excluding carboxylic acids is 1. The largest absolute Gasteiger partial charge is 0.493 e. The lowest BCUT2D eigenvalue weighted by Crippen LogP contribution is -2.22. The van der Waals surface area contributed by atoms with Crippen molar-refractivity contribution in [2.45, 2.75) is 26.2 Å². The van der Waals surface area contributed by atoms with E-state index < -0.39 is 0 Å². The first-order valence-corrected chi connectivity index (χ1v) is 8.66. The highest BCUT2D eigenvalue weighted by Gasteiger charge is 2.30. The molecule has 0 fully saturated rings. The molecule has 7 heteroatoms. The quantitative estimate of drug-likeness (QED) is 0.867. The van der Waals surface area contributed by atoms with Crippen molar-refractivity contribution in [1.82, 2.24) is 4.98 Å². The number of methoxy groups -OCH3 is 1. The zero-order valence-electron chi connectivity index (χ0n) is 14.0. The Balaban J connectivity index is 1.97. The predicted octanol–water partition coefficient (Wildman–Crippen LogP) is 3.24. The number of rotatable bonds is 5. The van der Waals surface area contributed by atoms with Gasteiger partial charge in [-0.1, -0.05) is 31.3 Å². The maximum Gasteiger partial charge on any atom is 0.226 e. The van der Waals surface area contributed by atoms with E-state index in [9.17, 15) is 4.79 Å². The number of thiazole rings is 1. The molecule has 0 bridgehead atoms. The monoisotopic (exact) mass is 347 g/mol. The average Bonchev–Trinajstić information content (AvgIpc) is 2.91. The summed E-state index contributed by atoms with van der Waals surface area (Å²) in [6.07, 6.45) is 0.366. The number of ether oxygens (including phenoxy) is 2. The summed E-state index contributed by atoms with van der Waals surface area (Å²) >= 11 is 1.41. The van der Waals surface area contributed by atoms with E-state index in [2.05, 4.69) is 24.1 Å². The number of anilines is 2. The van der Waals surface area contributed by atoms with Crippen LogP contribution in [0.15, 0.2) is 18.2 Å². The molecule has 0 saturated carbocycles. The van der Waals surface area contributed by atoms with E-state index in [0.717, 1.165) is 10.4 Å². The van der Waals surface area contributed by atoms with Crippen LogP contribution in [0, 0.1) is 5.92 Å². The smallest absolute Gasteiger partial charge is 0.226 e. The number of nitrogens with zero attached hydrogens (tertiary/aromatic N) is 1. The number of nitrogens with two attached hydrogens (primary N) is 1. The van der Waals surface area contributed by atoms with Gasteiger partial charge in [0.2, 0.25) is 5.91 Å². The maximum absolute atomic E-state index is 12.0. The summed E-state index contributed by atoms with van der Waals surface area (Å²) in [6, 6.07) is 5.79. The van der Waals surface area contributed by atoms with Crippen LogP contribution >= 0.6 is 11.3 Å². The van der Waals surface area contributed by atoms with Crippen LogP contribution in [0.3, 0.4) is 0 Å². The van der Waals surface area contributed by atoms with Crippen LogP contribution in [-0.2, 0) is 4.79 Å². The molecule has 1 aromatic heterocycles. The second-order valence-electron chi connectivity index (χ2n) is 6.18. The van der Waals surface area contributed by atoms with Gasteiger partial charge in [0, 0.05) is 12.3 Å². The molecule has 24 heavy (non-hydrogen) atoms. The number of nitrogens with one attached hydrogen (secondary N) is 1. The second kappa shape index (κ2) is 6.68. The molecular formula is C17H21N3O3S. The molecule has 1 aliphatic rings. The zero-order chi connectivity index (χ0) is 17.3. The van der Waals surface area contributed by atoms with Crippen LogP contribution in [0.1, 0.15) is 36.6 Å². The number of fused-ring (bicyclic) bond motifs is 1. The minimum Gasteiger partial charge on any atom is -0.493 e. The summed E-state index contributed by atoms with van der Waals surface area (Å²) in [5.74, 6) is 2.22. The maximum atomic E-state index is 12.0. The Kier molecular flexibility index (Phi) is 4.62. The van der Waals surface area contributed by atoms with Crippen LogP contribution in [0.2, 0.25) is 0 Å². The van der Waals surface area contributed by atoms with Crippen molar-refractivity contribution in [2.75, 3.05) is 24.8 Å². The fourth-order valence-corrected chi connectivity index (χ4v) is 3.60. The summed E-state index contributed by atoms with van der Waals surface area (Å²) in [5.41, 5.74) is 6.81. The number of hydrogen-bond donors (Lipinski definition) is 2. The van der Waals surface area contributed by atoms with Crippen molar-refractivity contribution in [3.8, 4) is 11.5 Å². The van der Waals surface area contributed by atoms with Crippen LogP contribution < -0.4 is 20.5 Å². The van der Waals surface area contributed by atoms with Gasteiger partial charge >= 0.3 is 0 Å². The number of benzene rings is 1. The van der Waals surface area contributed by atoms with E-state index >= 15 is 0 Å². The number of amides is 1. The highest BCUT2D eigenvalue weighted by Crippen LogP contribution is 2.43. The van der Waals surface area contributed by atoms with Crippen molar-refractivity contribution < 1.29 is 14.3 Å². The zero-order valence-corrected chi connectivity index (χ0v) is 14.8.